The third-order valence-electron chi connectivity index (χ3n) is 5.46. The second-order valence-corrected chi connectivity index (χ2v) is 8.02. The Labute approximate surface area is 177 Å². The summed E-state index contributed by atoms with van der Waals surface area (Å²) in [5.41, 5.74) is 2.06. The standard InChI is InChI=1S/C26H39NO2/c1-4-6-7-10-20-29-25-17-18-26(27-21-25)23-13-15-24(16-14-23)28-19-11-8-9-12-22(3)5-2/h13-18,21-22H,4-12,19-20H2,1-3H3. The monoisotopic (exact) mass is 397 g/mol. The molecule has 0 aliphatic rings. The number of rotatable bonds is 15. The van der Waals surface area contributed by atoms with E-state index >= 15 is 0 Å². The molecule has 1 heterocycles. The lowest BCUT2D eigenvalue weighted by Crippen LogP contribution is -1.99. The fourth-order valence-corrected chi connectivity index (χ4v) is 3.24. The molecule has 0 aliphatic heterocycles. The van der Waals surface area contributed by atoms with Gasteiger partial charge in [-0.2, -0.15) is 0 Å². The largest absolute Gasteiger partial charge is 0.494 e. The highest BCUT2D eigenvalue weighted by Gasteiger charge is 2.03. The Morgan fingerprint density at radius 3 is 2.03 bits per heavy atom. The second-order valence-electron chi connectivity index (χ2n) is 8.02. The first-order chi connectivity index (χ1) is 14.2. The van der Waals surface area contributed by atoms with Crippen molar-refractivity contribution in [1.29, 1.82) is 0 Å². The molecule has 0 fully saturated rings. The maximum Gasteiger partial charge on any atom is 0.137 e. The van der Waals surface area contributed by atoms with Gasteiger partial charge in [-0.15, -0.1) is 0 Å². The summed E-state index contributed by atoms with van der Waals surface area (Å²) in [7, 11) is 0. The van der Waals surface area contributed by atoms with Crippen molar-refractivity contribution in [1.82, 2.24) is 4.98 Å². The van der Waals surface area contributed by atoms with Crippen molar-refractivity contribution in [3.8, 4) is 22.8 Å². The lowest BCUT2D eigenvalue weighted by Gasteiger charge is -2.09. The average Bonchev–Trinajstić information content (AvgIpc) is 2.76. The van der Waals surface area contributed by atoms with Gasteiger partial charge in [0.1, 0.15) is 11.5 Å². The van der Waals surface area contributed by atoms with Gasteiger partial charge >= 0.3 is 0 Å². The molecule has 0 N–H and O–H groups in total. The van der Waals surface area contributed by atoms with Gasteiger partial charge in [0.25, 0.3) is 0 Å². The van der Waals surface area contributed by atoms with Crippen LogP contribution in [0.3, 0.4) is 0 Å². The highest BCUT2D eigenvalue weighted by molar-refractivity contribution is 5.60. The van der Waals surface area contributed by atoms with Gasteiger partial charge in [-0.1, -0.05) is 65.7 Å². The summed E-state index contributed by atoms with van der Waals surface area (Å²) < 4.78 is 11.7. The third kappa shape index (κ3) is 9.34. The third-order valence-corrected chi connectivity index (χ3v) is 5.46. The smallest absolute Gasteiger partial charge is 0.137 e. The second kappa shape index (κ2) is 14.0. The summed E-state index contributed by atoms with van der Waals surface area (Å²) >= 11 is 0. The molecule has 160 valence electrons. The first kappa shape index (κ1) is 23.3. The van der Waals surface area contributed by atoms with Crippen molar-refractivity contribution in [3.05, 3.63) is 42.6 Å². The number of unbranched alkanes of at least 4 members (excludes halogenated alkanes) is 5. The van der Waals surface area contributed by atoms with Gasteiger partial charge in [0.2, 0.25) is 0 Å². The van der Waals surface area contributed by atoms with Crippen LogP contribution in [0.5, 0.6) is 11.5 Å². The number of ether oxygens (including phenoxy) is 2. The highest BCUT2D eigenvalue weighted by Crippen LogP contribution is 2.23. The number of pyridine rings is 1. The van der Waals surface area contributed by atoms with Gasteiger partial charge in [0.15, 0.2) is 0 Å². The Hall–Kier alpha value is -2.03. The molecule has 0 amide bonds. The number of benzene rings is 1. The van der Waals surface area contributed by atoms with Crippen LogP contribution in [0.1, 0.15) is 78.6 Å². The number of hydrogen-bond donors (Lipinski definition) is 0. The van der Waals surface area contributed by atoms with Crippen molar-refractivity contribution in [2.24, 2.45) is 5.92 Å². The molecule has 29 heavy (non-hydrogen) atoms. The van der Waals surface area contributed by atoms with Gasteiger partial charge in [-0.25, -0.2) is 0 Å². The first-order valence-electron chi connectivity index (χ1n) is 11.5. The summed E-state index contributed by atoms with van der Waals surface area (Å²) in [6, 6.07) is 12.3. The molecule has 0 saturated heterocycles. The van der Waals surface area contributed by atoms with Crippen LogP contribution in [0.2, 0.25) is 0 Å². The first-order valence-corrected chi connectivity index (χ1v) is 11.5. The molecule has 3 nitrogen and oxygen atoms in total. The fraction of sp³-hybridized carbons (Fsp3) is 0.577. The van der Waals surface area contributed by atoms with Crippen LogP contribution in [0.4, 0.5) is 0 Å². The van der Waals surface area contributed by atoms with Crippen LogP contribution in [-0.2, 0) is 0 Å². The maximum absolute atomic E-state index is 5.88. The normalized spacial score (nSPS) is 12.0. The van der Waals surface area contributed by atoms with E-state index in [2.05, 4.69) is 37.9 Å². The van der Waals surface area contributed by atoms with E-state index in [1.807, 2.05) is 30.5 Å². The van der Waals surface area contributed by atoms with Crippen molar-refractivity contribution < 1.29 is 9.47 Å². The van der Waals surface area contributed by atoms with Crippen LogP contribution in [0, 0.1) is 5.92 Å². The molecule has 2 aromatic rings. The van der Waals surface area contributed by atoms with Gasteiger partial charge in [0.05, 0.1) is 25.1 Å². The molecule has 3 heteroatoms. The summed E-state index contributed by atoms with van der Waals surface area (Å²) in [6.45, 7) is 8.39. The van der Waals surface area contributed by atoms with Crippen molar-refractivity contribution >= 4 is 0 Å². The quantitative estimate of drug-likeness (QED) is 0.289. The van der Waals surface area contributed by atoms with Crippen LogP contribution in [0.15, 0.2) is 42.6 Å². The van der Waals surface area contributed by atoms with Crippen molar-refractivity contribution in [2.75, 3.05) is 13.2 Å². The van der Waals surface area contributed by atoms with Crippen LogP contribution >= 0.6 is 0 Å². The summed E-state index contributed by atoms with van der Waals surface area (Å²) in [6.07, 6.45) is 13.0. The molecule has 1 aromatic carbocycles. The topological polar surface area (TPSA) is 31.4 Å². The summed E-state index contributed by atoms with van der Waals surface area (Å²) in [5, 5.41) is 0. The Morgan fingerprint density at radius 2 is 1.41 bits per heavy atom. The van der Waals surface area contributed by atoms with E-state index in [0.29, 0.717) is 0 Å². The zero-order valence-electron chi connectivity index (χ0n) is 18.7. The minimum Gasteiger partial charge on any atom is -0.494 e. The van der Waals surface area contributed by atoms with Gasteiger partial charge in [-0.3, -0.25) is 4.98 Å². The average molecular weight is 398 g/mol. The molecule has 0 aliphatic carbocycles. The van der Waals surface area contributed by atoms with Crippen molar-refractivity contribution in [3.63, 3.8) is 0 Å². The molecule has 0 bridgehead atoms. The lowest BCUT2D eigenvalue weighted by molar-refractivity contribution is 0.302. The molecular formula is C26H39NO2. The maximum atomic E-state index is 5.88. The summed E-state index contributed by atoms with van der Waals surface area (Å²) in [4.78, 5) is 4.54. The molecule has 0 spiro atoms. The van der Waals surface area contributed by atoms with E-state index in [0.717, 1.165) is 54.7 Å². The zero-order valence-corrected chi connectivity index (χ0v) is 18.7. The van der Waals surface area contributed by atoms with Gasteiger partial charge in [-0.05, 0) is 55.2 Å². The van der Waals surface area contributed by atoms with Crippen molar-refractivity contribution in [2.45, 2.75) is 78.6 Å². The molecule has 1 atom stereocenters. The predicted octanol–water partition coefficient (Wildman–Crippen LogP) is 7.69. The zero-order chi connectivity index (χ0) is 20.7. The highest BCUT2D eigenvalue weighted by atomic mass is 16.5. The van der Waals surface area contributed by atoms with E-state index in [1.165, 1.54) is 44.9 Å². The van der Waals surface area contributed by atoms with E-state index in [9.17, 15) is 0 Å². The van der Waals surface area contributed by atoms with Gasteiger partial charge in [0, 0.05) is 5.56 Å². The molecule has 0 radical (unpaired) electrons. The lowest BCUT2D eigenvalue weighted by atomic mass is 10.0. The Balaban J connectivity index is 1.69. The minimum atomic E-state index is 0.769. The van der Waals surface area contributed by atoms with E-state index < -0.39 is 0 Å². The fourth-order valence-electron chi connectivity index (χ4n) is 3.24. The Bertz CT molecular complexity index is 651. The SMILES string of the molecule is CCCCCCOc1ccc(-c2ccc(OCCCCCC(C)CC)cc2)nc1. The minimum absolute atomic E-state index is 0.769. The predicted molar refractivity (Wildman–Crippen MR) is 123 cm³/mol. The van der Waals surface area contributed by atoms with Gasteiger partial charge < -0.3 is 9.47 Å². The molecule has 1 unspecified atom stereocenters. The van der Waals surface area contributed by atoms with Crippen LogP contribution in [0.25, 0.3) is 11.3 Å². The number of nitrogens with zero attached hydrogens (tertiary/aromatic N) is 1. The van der Waals surface area contributed by atoms with Crippen LogP contribution in [-0.4, -0.2) is 18.2 Å². The van der Waals surface area contributed by atoms with E-state index in [1.54, 1.807) is 0 Å². The molecular weight excluding hydrogens is 358 g/mol. The van der Waals surface area contributed by atoms with Crippen LogP contribution < -0.4 is 9.47 Å². The Morgan fingerprint density at radius 1 is 0.759 bits per heavy atom. The Kier molecular flexibility index (Phi) is 11.3. The van der Waals surface area contributed by atoms with E-state index in [-0.39, 0.29) is 0 Å². The number of aromatic nitrogens is 1. The molecule has 2 rings (SSSR count). The summed E-state index contributed by atoms with van der Waals surface area (Å²) in [5.74, 6) is 2.63. The molecule has 1 aromatic heterocycles. The number of hydrogen-bond acceptors (Lipinski definition) is 3. The molecule has 0 saturated carbocycles. The van der Waals surface area contributed by atoms with E-state index in [4.69, 9.17) is 9.47 Å².